The summed E-state index contributed by atoms with van der Waals surface area (Å²) in [5, 5.41) is 12.7. The number of halogens is 1. The standard InChI is InChI=1S/C17H17BrN8O/c1-9(2)12(17-23-14(25-27-17)10-4-6-19-7-5-10)22-15-11-13(18)24-26(3)16(11)21-8-20-15/h4-9,12H,1-3H3,(H,20,21,22). The van der Waals surface area contributed by atoms with E-state index in [2.05, 4.69) is 65.3 Å². The number of pyridine rings is 1. The molecule has 1 atom stereocenters. The number of rotatable bonds is 5. The molecule has 4 aromatic rings. The van der Waals surface area contributed by atoms with E-state index in [1.54, 1.807) is 17.1 Å². The van der Waals surface area contributed by atoms with Crippen LogP contribution in [0.2, 0.25) is 0 Å². The second-order valence-electron chi connectivity index (χ2n) is 6.39. The van der Waals surface area contributed by atoms with E-state index in [1.807, 2.05) is 19.2 Å². The first-order valence-electron chi connectivity index (χ1n) is 8.38. The van der Waals surface area contributed by atoms with Gasteiger partial charge >= 0.3 is 0 Å². The largest absolute Gasteiger partial charge is 0.357 e. The zero-order valence-electron chi connectivity index (χ0n) is 15.0. The highest BCUT2D eigenvalue weighted by atomic mass is 79.9. The molecular formula is C17H17BrN8O. The van der Waals surface area contributed by atoms with Gasteiger partial charge < -0.3 is 9.84 Å². The molecule has 4 aromatic heterocycles. The Balaban J connectivity index is 1.70. The van der Waals surface area contributed by atoms with E-state index in [0.717, 1.165) is 16.6 Å². The van der Waals surface area contributed by atoms with Crippen LogP contribution < -0.4 is 5.32 Å². The van der Waals surface area contributed by atoms with Crippen LogP contribution in [0.25, 0.3) is 22.4 Å². The van der Waals surface area contributed by atoms with Gasteiger partial charge in [-0.05, 0) is 34.0 Å². The number of nitrogens with one attached hydrogen (secondary N) is 1. The minimum atomic E-state index is -0.224. The Kier molecular flexibility index (Phi) is 4.56. The fraction of sp³-hybridized carbons (Fsp3) is 0.294. The third-order valence-corrected chi connectivity index (χ3v) is 4.74. The van der Waals surface area contributed by atoms with Gasteiger partial charge in [-0.25, -0.2) is 14.6 Å². The number of fused-ring (bicyclic) bond motifs is 1. The van der Waals surface area contributed by atoms with Crippen molar-refractivity contribution in [2.75, 3.05) is 5.32 Å². The van der Waals surface area contributed by atoms with Gasteiger partial charge in [0.05, 0.1) is 5.39 Å². The second kappa shape index (κ2) is 7.03. The number of aryl methyl sites for hydroxylation is 1. The average molecular weight is 429 g/mol. The summed E-state index contributed by atoms with van der Waals surface area (Å²) >= 11 is 3.48. The quantitative estimate of drug-likeness (QED) is 0.515. The minimum Gasteiger partial charge on any atom is -0.357 e. The van der Waals surface area contributed by atoms with Gasteiger partial charge in [-0.1, -0.05) is 19.0 Å². The smallest absolute Gasteiger partial charge is 0.249 e. The Morgan fingerprint density at radius 2 is 1.96 bits per heavy atom. The molecule has 1 unspecified atom stereocenters. The Bertz CT molecular complexity index is 1080. The summed E-state index contributed by atoms with van der Waals surface area (Å²) in [6.07, 6.45) is 4.90. The first kappa shape index (κ1) is 17.5. The van der Waals surface area contributed by atoms with Crippen molar-refractivity contribution in [1.29, 1.82) is 0 Å². The summed E-state index contributed by atoms with van der Waals surface area (Å²) in [7, 11) is 1.84. The molecule has 4 heterocycles. The lowest BCUT2D eigenvalue weighted by Crippen LogP contribution is -2.18. The number of hydrogen-bond donors (Lipinski definition) is 1. The van der Waals surface area contributed by atoms with E-state index in [-0.39, 0.29) is 12.0 Å². The van der Waals surface area contributed by atoms with Crippen LogP contribution in [0.1, 0.15) is 25.8 Å². The highest BCUT2D eigenvalue weighted by molar-refractivity contribution is 9.10. The highest BCUT2D eigenvalue weighted by Crippen LogP contribution is 2.32. The molecule has 0 radical (unpaired) electrons. The Hall–Kier alpha value is -2.88. The van der Waals surface area contributed by atoms with E-state index >= 15 is 0 Å². The number of nitrogens with zero attached hydrogens (tertiary/aromatic N) is 7. The third kappa shape index (κ3) is 3.27. The number of anilines is 1. The Morgan fingerprint density at radius 1 is 1.19 bits per heavy atom. The van der Waals surface area contributed by atoms with Gasteiger partial charge in [-0.15, -0.1) is 0 Å². The van der Waals surface area contributed by atoms with Gasteiger partial charge in [0.1, 0.15) is 22.8 Å². The lowest BCUT2D eigenvalue weighted by Gasteiger charge is -2.19. The molecule has 0 aliphatic rings. The zero-order chi connectivity index (χ0) is 19.0. The summed E-state index contributed by atoms with van der Waals surface area (Å²) in [5.41, 5.74) is 1.58. The molecule has 138 valence electrons. The lowest BCUT2D eigenvalue weighted by atomic mass is 10.0. The maximum Gasteiger partial charge on any atom is 0.249 e. The fourth-order valence-corrected chi connectivity index (χ4v) is 3.39. The molecule has 0 saturated heterocycles. The molecule has 0 bridgehead atoms. The molecule has 0 fully saturated rings. The van der Waals surface area contributed by atoms with Gasteiger partial charge in [-0.3, -0.25) is 4.98 Å². The topological polar surface area (TPSA) is 107 Å². The van der Waals surface area contributed by atoms with Crippen LogP contribution in [0.3, 0.4) is 0 Å². The third-order valence-electron chi connectivity index (χ3n) is 4.18. The van der Waals surface area contributed by atoms with Crippen molar-refractivity contribution < 1.29 is 4.52 Å². The first-order chi connectivity index (χ1) is 13.0. The van der Waals surface area contributed by atoms with Crippen LogP contribution in [-0.2, 0) is 7.05 Å². The molecule has 0 spiro atoms. The zero-order valence-corrected chi connectivity index (χ0v) is 16.5. The van der Waals surface area contributed by atoms with Gasteiger partial charge in [0.15, 0.2) is 5.65 Å². The molecule has 0 aromatic carbocycles. The maximum absolute atomic E-state index is 5.54. The van der Waals surface area contributed by atoms with Crippen LogP contribution in [0.15, 0.2) is 40.0 Å². The molecule has 0 aliphatic heterocycles. The summed E-state index contributed by atoms with van der Waals surface area (Å²) in [4.78, 5) is 17.3. The molecule has 1 N–H and O–H groups in total. The predicted molar refractivity (Wildman–Crippen MR) is 103 cm³/mol. The van der Waals surface area contributed by atoms with Gasteiger partial charge in [0.2, 0.25) is 11.7 Å². The molecule has 10 heteroatoms. The molecule has 9 nitrogen and oxygen atoms in total. The van der Waals surface area contributed by atoms with E-state index < -0.39 is 0 Å². The van der Waals surface area contributed by atoms with Crippen molar-refractivity contribution in [2.45, 2.75) is 19.9 Å². The summed E-state index contributed by atoms with van der Waals surface area (Å²) in [6.45, 7) is 4.15. The van der Waals surface area contributed by atoms with Crippen molar-refractivity contribution in [3.63, 3.8) is 0 Å². The molecule has 0 saturated carbocycles. The van der Waals surface area contributed by atoms with E-state index in [1.165, 1.54) is 6.33 Å². The predicted octanol–water partition coefficient (Wildman–Crippen LogP) is 3.38. The van der Waals surface area contributed by atoms with E-state index in [4.69, 9.17) is 4.52 Å². The monoisotopic (exact) mass is 428 g/mol. The number of hydrogen-bond acceptors (Lipinski definition) is 8. The molecule has 0 amide bonds. The molecule has 27 heavy (non-hydrogen) atoms. The second-order valence-corrected chi connectivity index (χ2v) is 7.14. The first-order valence-corrected chi connectivity index (χ1v) is 9.17. The molecule has 0 aliphatic carbocycles. The fourth-order valence-electron chi connectivity index (χ4n) is 2.79. The van der Waals surface area contributed by atoms with Crippen molar-refractivity contribution in [1.82, 2.24) is 34.9 Å². The van der Waals surface area contributed by atoms with Crippen molar-refractivity contribution in [3.05, 3.63) is 41.3 Å². The maximum atomic E-state index is 5.54. The Morgan fingerprint density at radius 3 is 2.70 bits per heavy atom. The minimum absolute atomic E-state index is 0.177. The van der Waals surface area contributed by atoms with Gasteiger partial charge in [-0.2, -0.15) is 10.1 Å². The lowest BCUT2D eigenvalue weighted by molar-refractivity contribution is 0.336. The summed E-state index contributed by atoms with van der Waals surface area (Å²) in [6, 6.07) is 3.46. The van der Waals surface area contributed by atoms with E-state index in [9.17, 15) is 0 Å². The summed E-state index contributed by atoms with van der Waals surface area (Å²) < 4.78 is 7.92. The van der Waals surface area contributed by atoms with Crippen LogP contribution in [0.5, 0.6) is 0 Å². The molecule has 4 rings (SSSR count). The van der Waals surface area contributed by atoms with Crippen LogP contribution >= 0.6 is 15.9 Å². The van der Waals surface area contributed by atoms with Gasteiger partial charge in [0, 0.05) is 25.0 Å². The highest BCUT2D eigenvalue weighted by Gasteiger charge is 2.25. The average Bonchev–Trinajstić information content (AvgIpc) is 3.26. The SMILES string of the molecule is CC(C)C(Nc1ncnc2c1c(Br)nn2C)c1nc(-c2ccncc2)no1. The van der Waals surface area contributed by atoms with Gasteiger partial charge in [0.25, 0.3) is 0 Å². The van der Waals surface area contributed by atoms with Crippen LogP contribution in [-0.4, -0.2) is 34.9 Å². The number of aromatic nitrogens is 7. The summed E-state index contributed by atoms with van der Waals surface area (Å²) in [5.74, 6) is 1.84. The normalized spacial score (nSPS) is 12.6. The van der Waals surface area contributed by atoms with Crippen molar-refractivity contribution >= 4 is 32.8 Å². The van der Waals surface area contributed by atoms with Crippen LogP contribution in [0, 0.1) is 5.92 Å². The Labute approximate surface area is 163 Å². The van der Waals surface area contributed by atoms with Crippen LogP contribution in [0.4, 0.5) is 5.82 Å². The van der Waals surface area contributed by atoms with E-state index in [0.29, 0.717) is 22.1 Å². The van der Waals surface area contributed by atoms with Crippen molar-refractivity contribution in [3.8, 4) is 11.4 Å². The van der Waals surface area contributed by atoms with Crippen molar-refractivity contribution in [2.24, 2.45) is 13.0 Å². The molecular weight excluding hydrogens is 412 g/mol.